The standard InChI is InChI=1S/C8H6Cl2N4/c9-7-12-8(10)14(13-7)6-3-1-5(11)2-4-6/h1-4H,11H2. The molecule has 0 saturated carbocycles. The first-order valence-corrected chi connectivity index (χ1v) is 4.56. The average molecular weight is 229 g/mol. The molecule has 0 saturated heterocycles. The number of rotatable bonds is 1. The molecule has 0 spiro atoms. The van der Waals surface area contributed by atoms with E-state index in [0.717, 1.165) is 5.69 Å². The van der Waals surface area contributed by atoms with Crippen molar-refractivity contribution in [3.05, 3.63) is 34.8 Å². The van der Waals surface area contributed by atoms with E-state index in [1.807, 2.05) is 0 Å². The van der Waals surface area contributed by atoms with Crippen LogP contribution in [0, 0.1) is 0 Å². The van der Waals surface area contributed by atoms with Gasteiger partial charge in [0.2, 0.25) is 10.6 Å². The van der Waals surface area contributed by atoms with E-state index < -0.39 is 0 Å². The molecular weight excluding hydrogens is 223 g/mol. The molecule has 14 heavy (non-hydrogen) atoms. The van der Waals surface area contributed by atoms with Crippen molar-refractivity contribution in [2.24, 2.45) is 0 Å². The van der Waals surface area contributed by atoms with Crippen LogP contribution in [0.25, 0.3) is 5.69 Å². The fourth-order valence-corrected chi connectivity index (χ4v) is 1.46. The second-order valence-corrected chi connectivity index (χ2v) is 3.33. The van der Waals surface area contributed by atoms with Gasteiger partial charge in [0.15, 0.2) is 0 Å². The van der Waals surface area contributed by atoms with Crippen LogP contribution in [-0.4, -0.2) is 14.8 Å². The average Bonchev–Trinajstić information content (AvgIpc) is 2.47. The maximum Gasteiger partial charge on any atom is 0.244 e. The quantitative estimate of drug-likeness (QED) is 0.762. The first-order valence-electron chi connectivity index (χ1n) is 3.81. The number of hydrogen-bond donors (Lipinski definition) is 1. The van der Waals surface area contributed by atoms with Crippen LogP contribution in [0.15, 0.2) is 24.3 Å². The van der Waals surface area contributed by atoms with E-state index in [0.29, 0.717) is 5.69 Å². The largest absolute Gasteiger partial charge is 0.399 e. The van der Waals surface area contributed by atoms with Crippen molar-refractivity contribution in [1.29, 1.82) is 0 Å². The van der Waals surface area contributed by atoms with E-state index in [1.165, 1.54) is 4.68 Å². The molecule has 0 fully saturated rings. The fraction of sp³-hybridized carbons (Fsp3) is 0. The Bertz CT molecular complexity index is 449. The van der Waals surface area contributed by atoms with Gasteiger partial charge in [0.05, 0.1) is 5.69 Å². The van der Waals surface area contributed by atoms with Crippen molar-refractivity contribution >= 4 is 28.9 Å². The van der Waals surface area contributed by atoms with E-state index in [9.17, 15) is 0 Å². The Morgan fingerprint density at radius 1 is 1.14 bits per heavy atom. The molecular formula is C8H6Cl2N4. The summed E-state index contributed by atoms with van der Waals surface area (Å²) in [4.78, 5) is 3.76. The van der Waals surface area contributed by atoms with Crippen LogP contribution in [0.3, 0.4) is 0 Å². The second kappa shape index (κ2) is 3.48. The summed E-state index contributed by atoms with van der Waals surface area (Å²) in [6, 6.07) is 7.07. The third kappa shape index (κ3) is 1.66. The highest BCUT2D eigenvalue weighted by molar-refractivity contribution is 6.31. The van der Waals surface area contributed by atoms with Crippen molar-refractivity contribution in [3.63, 3.8) is 0 Å². The summed E-state index contributed by atoms with van der Waals surface area (Å²) < 4.78 is 1.43. The van der Waals surface area contributed by atoms with Crippen LogP contribution < -0.4 is 5.73 Å². The number of aromatic nitrogens is 3. The Labute approximate surface area is 90.3 Å². The molecule has 2 rings (SSSR count). The highest BCUT2D eigenvalue weighted by atomic mass is 35.5. The number of nitrogens with zero attached hydrogens (tertiary/aromatic N) is 3. The summed E-state index contributed by atoms with van der Waals surface area (Å²) in [7, 11) is 0. The number of anilines is 1. The van der Waals surface area contributed by atoms with E-state index in [4.69, 9.17) is 28.9 Å². The van der Waals surface area contributed by atoms with Gasteiger partial charge in [0, 0.05) is 5.69 Å². The summed E-state index contributed by atoms with van der Waals surface area (Å²) in [5, 5.41) is 4.25. The summed E-state index contributed by atoms with van der Waals surface area (Å²) in [5.74, 6) is 0. The zero-order valence-corrected chi connectivity index (χ0v) is 8.50. The number of hydrogen-bond acceptors (Lipinski definition) is 3. The molecule has 4 nitrogen and oxygen atoms in total. The van der Waals surface area contributed by atoms with Crippen LogP contribution in [0.2, 0.25) is 10.6 Å². The summed E-state index contributed by atoms with van der Waals surface area (Å²) >= 11 is 11.4. The van der Waals surface area contributed by atoms with Crippen molar-refractivity contribution in [2.45, 2.75) is 0 Å². The SMILES string of the molecule is Nc1ccc(-n2nc(Cl)nc2Cl)cc1. The van der Waals surface area contributed by atoms with Gasteiger partial charge in [-0.2, -0.15) is 4.98 Å². The number of nitrogen functional groups attached to an aromatic ring is 1. The Kier molecular flexibility index (Phi) is 2.31. The lowest BCUT2D eigenvalue weighted by molar-refractivity contribution is 0.880. The van der Waals surface area contributed by atoms with Crippen molar-refractivity contribution < 1.29 is 0 Å². The monoisotopic (exact) mass is 228 g/mol. The van der Waals surface area contributed by atoms with E-state index >= 15 is 0 Å². The molecule has 0 bridgehead atoms. The number of benzene rings is 1. The molecule has 0 radical (unpaired) electrons. The van der Waals surface area contributed by atoms with Gasteiger partial charge in [-0.15, -0.1) is 5.10 Å². The third-order valence-electron chi connectivity index (χ3n) is 1.68. The van der Waals surface area contributed by atoms with Gasteiger partial charge in [-0.05, 0) is 47.5 Å². The molecule has 0 aliphatic rings. The topological polar surface area (TPSA) is 56.7 Å². The maximum atomic E-state index is 5.79. The van der Waals surface area contributed by atoms with Gasteiger partial charge in [0.25, 0.3) is 0 Å². The molecule has 2 N–H and O–H groups in total. The molecule has 0 aliphatic heterocycles. The van der Waals surface area contributed by atoms with E-state index in [-0.39, 0.29) is 10.6 Å². The molecule has 0 amide bonds. The highest BCUT2D eigenvalue weighted by Crippen LogP contribution is 2.17. The third-order valence-corrected chi connectivity index (χ3v) is 2.08. The number of halogens is 2. The molecule has 72 valence electrons. The smallest absolute Gasteiger partial charge is 0.244 e. The minimum atomic E-state index is 0.117. The fourth-order valence-electron chi connectivity index (χ4n) is 1.05. The van der Waals surface area contributed by atoms with Gasteiger partial charge >= 0.3 is 0 Å². The van der Waals surface area contributed by atoms with Gasteiger partial charge in [-0.25, -0.2) is 4.68 Å². The molecule has 1 aromatic carbocycles. The minimum absolute atomic E-state index is 0.117. The summed E-state index contributed by atoms with van der Waals surface area (Å²) in [5.41, 5.74) is 6.99. The Morgan fingerprint density at radius 3 is 2.29 bits per heavy atom. The predicted octanol–water partition coefficient (Wildman–Crippen LogP) is 2.16. The lowest BCUT2D eigenvalue weighted by atomic mass is 10.3. The molecule has 2 aromatic rings. The van der Waals surface area contributed by atoms with Crippen molar-refractivity contribution in [2.75, 3.05) is 5.73 Å². The predicted molar refractivity (Wildman–Crippen MR) is 55.8 cm³/mol. The minimum Gasteiger partial charge on any atom is -0.399 e. The van der Waals surface area contributed by atoms with Crippen LogP contribution in [0.4, 0.5) is 5.69 Å². The Balaban J connectivity index is 2.49. The van der Waals surface area contributed by atoms with E-state index in [1.54, 1.807) is 24.3 Å². The zero-order chi connectivity index (χ0) is 10.1. The lowest BCUT2D eigenvalue weighted by Gasteiger charge is -2.00. The first kappa shape index (κ1) is 9.30. The second-order valence-electron chi connectivity index (χ2n) is 2.65. The van der Waals surface area contributed by atoms with Gasteiger partial charge < -0.3 is 5.73 Å². The van der Waals surface area contributed by atoms with Crippen molar-refractivity contribution in [3.8, 4) is 5.69 Å². The molecule has 6 heteroatoms. The summed E-state index contributed by atoms with van der Waals surface area (Å²) in [6.45, 7) is 0. The lowest BCUT2D eigenvalue weighted by Crippen LogP contribution is -1.96. The first-order chi connectivity index (χ1) is 6.66. The maximum absolute atomic E-state index is 5.79. The Hall–Kier alpha value is -1.26. The van der Waals surface area contributed by atoms with Gasteiger partial charge in [-0.1, -0.05) is 0 Å². The normalized spacial score (nSPS) is 10.4. The summed E-state index contributed by atoms with van der Waals surface area (Å²) in [6.07, 6.45) is 0. The van der Waals surface area contributed by atoms with Crippen molar-refractivity contribution in [1.82, 2.24) is 14.8 Å². The number of nitrogens with two attached hydrogens (primary N) is 1. The molecule has 1 heterocycles. The molecule has 0 aliphatic carbocycles. The molecule has 0 unspecified atom stereocenters. The van der Waals surface area contributed by atoms with E-state index in [2.05, 4.69) is 10.1 Å². The molecule has 0 atom stereocenters. The van der Waals surface area contributed by atoms with Crippen LogP contribution in [0.5, 0.6) is 0 Å². The van der Waals surface area contributed by atoms with Gasteiger partial charge in [0.1, 0.15) is 0 Å². The van der Waals surface area contributed by atoms with Crippen LogP contribution >= 0.6 is 23.2 Å². The highest BCUT2D eigenvalue weighted by Gasteiger charge is 2.06. The Morgan fingerprint density at radius 2 is 1.79 bits per heavy atom. The zero-order valence-electron chi connectivity index (χ0n) is 6.98. The van der Waals surface area contributed by atoms with Gasteiger partial charge in [-0.3, -0.25) is 0 Å². The molecule has 1 aromatic heterocycles. The van der Waals surface area contributed by atoms with Crippen LogP contribution in [0.1, 0.15) is 0 Å². The van der Waals surface area contributed by atoms with Crippen LogP contribution in [-0.2, 0) is 0 Å².